The van der Waals surface area contributed by atoms with E-state index in [1.807, 2.05) is 30.3 Å². The lowest BCUT2D eigenvalue weighted by Crippen LogP contribution is -2.49. The first-order valence-electron chi connectivity index (χ1n) is 11.5. The third-order valence-electron chi connectivity index (χ3n) is 6.07. The van der Waals surface area contributed by atoms with Crippen LogP contribution in [-0.4, -0.2) is 53.3 Å². The summed E-state index contributed by atoms with van der Waals surface area (Å²) in [6.45, 7) is 2.94. The van der Waals surface area contributed by atoms with Gasteiger partial charge in [-0.15, -0.1) is 0 Å². The number of sulfonamides is 1. The smallest absolute Gasteiger partial charge is 0.267 e. The molecule has 3 aromatic carbocycles. The molecule has 0 saturated carbocycles. The molecule has 2 heterocycles. The number of amides is 1. The number of carbonyl (C=O) groups is 1. The van der Waals surface area contributed by atoms with E-state index in [2.05, 4.69) is 10.2 Å². The minimum atomic E-state index is -3.75. The van der Waals surface area contributed by atoms with Gasteiger partial charge in [-0.3, -0.25) is 9.10 Å². The van der Waals surface area contributed by atoms with Crippen LogP contribution in [0.15, 0.2) is 78.9 Å². The number of carbonyl (C=O) groups excluding carboxylic acids is 1. The lowest BCUT2D eigenvalue weighted by Gasteiger charge is -2.34. The fourth-order valence-electron chi connectivity index (χ4n) is 4.26. The van der Waals surface area contributed by atoms with Gasteiger partial charge in [-0.25, -0.2) is 8.42 Å². The van der Waals surface area contributed by atoms with Gasteiger partial charge in [0.1, 0.15) is 5.75 Å². The molecule has 2 aliphatic heterocycles. The average Bonchev–Trinajstić information content (AvgIpc) is 2.89. The number of anilines is 3. The number of hydrogen-bond donors (Lipinski definition) is 1. The molecule has 0 spiro atoms. The number of benzene rings is 3. The number of ether oxygens (including phenoxy) is 2. The lowest BCUT2D eigenvalue weighted by molar-refractivity contribution is -0.122. The first-order valence-corrected chi connectivity index (χ1v) is 13.1. The summed E-state index contributed by atoms with van der Waals surface area (Å²) in [5.74, 6) is -0.212. The molecule has 1 unspecified atom stereocenters. The first kappa shape index (κ1) is 23.2. The standard InChI is InChI=1S/C26H27N3O5S/c30-26(27-21-10-12-22(13-11-21)28-14-16-33-17-15-28)25-18-29(23-8-4-5-9-24(23)34-25)35(31,32)19-20-6-2-1-3-7-20/h1-13,25H,14-19H2,(H,27,30). The Bertz CT molecular complexity index is 1280. The van der Waals surface area contributed by atoms with Crippen molar-refractivity contribution in [3.8, 4) is 5.75 Å². The topological polar surface area (TPSA) is 88.2 Å². The molecule has 1 N–H and O–H groups in total. The summed E-state index contributed by atoms with van der Waals surface area (Å²) >= 11 is 0. The molecule has 5 rings (SSSR count). The summed E-state index contributed by atoms with van der Waals surface area (Å²) in [7, 11) is -3.75. The number of nitrogens with one attached hydrogen (secondary N) is 1. The zero-order valence-electron chi connectivity index (χ0n) is 19.2. The lowest BCUT2D eigenvalue weighted by atomic mass is 10.2. The van der Waals surface area contributed by atoms with Gasteiger partial charge in [0.25, 0.3) is 5.91 Å². The van der Waals surface area contributed by atoms with E-state index >= 15 is 0 Å². The van der Waals surface area contributed by atoms with Gasteiger partial charge in [0.05, 0.1) is 31.2 Å². The molecule has 1 fully saturated rings. The van der Waals surface area contributed by atoms with E-state index in [4.69, 9.17) is 9.47 Å². The second-order valence-electron chi connectivity index (χ2n) is 8.48. The third-order valence-corrected chi connectivity index (χ3v) is 7.78. The highest BCUT2D eigenvalue weighted by molar-refractivity contribution is 7.92. The Morgan fingerprint density at radius 2 is 1.60 bits per heavy atom. The Morgan fingerprint density at radius 1 is 0.914 bits per heavy atom. The molecule has 2 aliphatic rings. The van der Waals surface area contributed by atoms with Crippen LogP contribution in [0.3, 0.4) is 0 Å². The minimum absolute atomic E-state index is 0.107. The normalized spacial score (nSPS) is 17.9. The van der Waals surface area contributed by atoms with Gasteiger partial charge in [-0.1, -0.05) is 42.5 Å². The summed E-state index contributed by atoms with van der Waals surface area (Å²) in [6, 6.07) is 23.5. The predicted octanol–water partition coefficient (Wildman–Crippen LogP) is 3.26. The highest BCUT2D eigenvalue weighted by Crippen LogP contribution is 2.36. The summed E-state index contributed by atoms with van der Waals surface area (Å²) in [4.78, 5) is 15.3. The molecule has 0 radical (unpaired) electrons. The molecule has 8 nitrogen and oxygen atoms in total. The van der Waals surface area contributed by atoms with E-state index in [0.717, 1.165) is 18.8 Å². The maximum absolute atomic E-state index is 13.4. The summed E-state index contributed by atoms with van der Waals surface area (Å²) in [5.41, 5.74) is 2.79. The maximum atomic E-state index is 13.4. The number of hydrogen-bond acceptors (Lipinski definition) is 6. The number of rotatable bonds is 6. The molecule has 0 aliphatic carbocycles. The Balaban J connectivity index is 1.32. The van der Waals surface area contributed by atoms with Crippen molar-refractivity contribution in [2.75, 3.05) is 47.4 Å². The molecule has 9 heteroatoms. The Morgan fingerprint density at radius 3 is 2.34 bits per heavy atom. The molecule has 0 aromatic heterocycles. The number of nitrogens with zero attached hydrogens (tertiary/aromatic N) is 2. The van der Waals surface area contributed by atoms with Gasteiger partial charge in [0, 0.05) is 24.5 Å². The summed E-state index contributed by atoms with van der Waals surface area (Å²) in [6.07, 6.45) is -0.991. The van der Waals surface area contributed by atoms with Crippen LogP contribution in [0.1, 0.15) is 5.56 Å². The van der Waals surface area contributed by atoms with Crippen LogP contribution in [0, 0.1) is 0 Å². The van der Waals surface area contributed by atoms with Crippen LogP contribution in [0.4, 0.5) is 17.1 Å². The number of para-hydroxylation sites is 2. The minimum Gasteiger partial charge on any atom is -0.476 e. The Kier molecular flexibility index (Phi) is 6.61. The van der Waals surface area contributed by atoms with Gasteiger partial charge < -0.3 is 19.7 Å². The van der Waals surface area contributed by atoms with Crippen molar-refractivity contribution in [1.82, 2.24) is 0 Å². The maximum Gasteiger partial charge on any atom is 0.267 e. The van der Waals surface area contributed by atoms with Gasteiger partial charge in [0.2, 0.25) is 10.0 Å². The quantitative estimate of drug-likeness (QED) is 0.567. The van der Waals surface area contributed by atoms with Gasteiger partial charge in [0.15, 0.2) is 6.10 Å². The predicted molar refractivity (Wildman–Crippen MR) is 135 cm³/mol. The fourth-order valence-corrected chi connectivity index (χ4v) is 5.85. The van der Waals surface area contributed by atoms with Crippen molar-refractivity contribution in [2.24, 2.45) is 0 Å². The molecule has 1 saturated heterocycles. The second-order valence-corrected chi connectivity index (χ2v) is 10.4. The largest absolute Gasteiger partial charge is 0.476 e. The van der Waals surface area contributed by atoms with Crippen molar-refractivity contribution >= 4 is 33.0 Å². The molecule has 3 aromatic rings. The Hall–Kier alpha value is -3.56. The monoisotopic (exact) mass is 493 g/mol. The van der Waals surface area contributed by atoms with Gasteiger partial charge in [-0.2, -0.15) is 0 Å². The number of fused-ring (bicyclic) bond motifs is 1. The third kappa shape index (κ3) is 5.26. The zero-order valence-corrected chi connectivity index (χ0v) is 20.0. The SMILES string of the molecule is O=C(Nc1ccc(N2CCOCC2)cc1)C1CN(S(=O)(=O)Cc2ccccc2)c2ccccc2O1. The van der Waals surface area contributed by atoms with Crippen LogP contribution in [0.25, 0.3) is 0 Å². The highest BCUT2D eigenvalue weighted by Gasteiger charge is 2.36. The van der Waals surface area contributed by atoms with Crippen LogP contribution < -0.4 is 19.3 Å². The molecule has 182 valence electrons. The van der Waals surface area contributed by atoms with Crippen LogP contribution in [0.5, 0.6) is 5.75 Å². The number of morpholine rings is 1. The van der Waals surface area contributed by atoms with Crippen molar-refractivity contribution in [3.63, 3.8) is 0 Å². The zero-order chi connectivity index (χ0) is 24.3. The van der Waals surface area contributed by atoms with E-state index in [0.29, 0.717) is 35.9 Å². The van der Waals surface area contributed by atoms with E-state index in [-0.39, 0.29) is 12.3 Å². The second kappa shape index (κ2) is 9.97. The molecular weight excluding hydrogens is 466 g/mol. The van der Waals surface area contributed by atoms with Crippen molar-refractivity contribution in [2.45, 2.75) is 11.9 Å². The molecule has 0 bridgehead atoms. The van der Waals surface area contributed by atoms with E-state index in [1.165, 1.54) is 4.31 Å². The first-order chi connectivity index (χ1) is 17.0. The summed E-state index contributed by atoms with van der Waals surface area (Å²) < 4.78 is 39.3. The Labute approximate surface area is 205 Å². The van der Waals surface area contributed by atoms with Crippen LogP contribution in [0.2, 0.25) is 0 Å². The van der Waals surface area contributed by atoms with Gasteiger partial charge >= 0.3 is 0 Å². The molecule has 1 amide bonds. The van der Waals surface area contributed by atoms with E-state index in [1.54, 1.807) is 48.5 Å². The average molecular weight is 494 g/mol. The van der Waals surface area contributed by atoms with Crippen molar-refractivity contribution < 1.29 is 22.7 Å². The van der Waals surface area contributed by atoms with Gasteiger partial charge in [-0.05, 0) is 42.0 Å². The van der Waals surface area contributed by atoms with Crippen molar-refractivity contribution in [1.29, 1.82) is 0 Å². The molecular formula is C26H27N3O5S. The summed E-state index contributed by atoms with van der Waals surface area (Å²) in [5, 5.41) is 2.87. The van der Waals surface area contributed by atoms with E-state index < -0.39 is 22.0 Å². The molecule has 35 heavy (non-hydrogen) atoms. The fraction of sp³-hybridized carbons (Fsp3) is 0.269. The molecule has 1 atom stereocenters. The van der Waals surface area contributed by atoms with Crippen molar-refractivity contribution in [3.05, 3.63) is 84.4 Å². The highest BCUT2D eigenvalue weighted by atomic mass is 32.2. The van der Waals surface area contributed by atoms with Crippen LogP contribution >= 0.6 is 0 Å². The van der Waals surface area contributed by atoms with Crippen LogP contribution in [-0.2, 0) is 25.3 Å². The van der Waals surface area contributed by atoms with E-state index in [9.17, 15) is 13.2 Å².